The highest BCUT2D eigenvalue weighted by atomic mass is 35.5. The molecule has 2 heterocycles. The minimum Gasteiger partial charge on any atom is -0.375 e. The first kappa shape index (κ1) is 13.3. The van der Waals surface area contributed by atoms with Crippen LogP contribution in [0.2, 0.25) is 4.34 Å². The lowest BCUT2D eigenvalue weighted by molar-refractivity contribution is -0.0627. The van der Waals surface area contributed by atoms with Gasteiger partial charge in [0.2, 0.25) is 0 Å². The molecule has 1 fully saturated rings. The van der Waals surface area contributed by atoms with E-state index in [0.717, 1.165) is 36.8 Å². The summed E-state index contributed by atoms with van der Waals surface area (Å²) in [5.74, 6) is 0. The van der Waals surface area contributed by atoms with Crippen LogP contribution in [0.3, 0.4) is 0 Å². The quantitative estimate of drug-likeness (QED) is 0.907. The fraction of sp³-hybridized carbons (Fsp3) is 0.692. The fourth-order valence-electron chi connectivity index (χ4n) is 2.29. The van der Waals surface area contributed by atoms with E-state index in [1.165, 1.54) is 4.88 Å². The van der Waals surface area contributed by atoms with Gasteiger partial charge >= 0.3 is 0 Å². The van der Waals surface area contributed by atoms with Crippen molar-refractivity contribution in [1.29, 1.82) is 0 Å². The Morgan fingerprint density at radius 1 is 1.53 bits per heavy atom. The van der Waals surface area contributed by atoms with Crippen LogP contribution in [0.1, 0.15) is 31.6 Å². The summed E-state index contributed by atoms with van der Waals surface area (Å²) in [6.45, 7) is 6.23. The molecule has 0 spiro atoms. The Hall–Kier alpha value is -0.0900. The summed E-state index contributed by atoms with van der Waals surface area (Å²) in [6, 6.07) is 4.68. The van der Waals surface area contributed by atoms with Gasteiger partial charge in [-0.25, -0.2) is 0 Å². The Morgan fingerprint density at radius 3 is 3.00 bits per heavy atom. The molecule has 1 aromatic heterocycles. The molecule has 0 aliphatic carbocycles. The Kier molecular flexibility index (Phi) is 4.47. The molecule has 0 bridgehead atoms. The van der Waals surface area contributed by atoms with Gasteiger partial charge < -0.3 is 10.1 Å². The van der Waals surface area contributed by atoms with Crippen LogP contribution in [-0.2, 0) is 11.2 Å². The summed E-state index contributed by atoms with van der Waals surface area (Å²) >= 11 is 7.58. The summed E-state index contributed by atoms with van der Waals surface area (Å²) in [7, 11) is 0. The molecule has 2 nitrogen and oxygen atoms in total. The summed E-state index contributed by atoms with van der Waals surface area (Å²) < 4.78 is 6.59. The molecule has 96 valence electrons. The summed E-state index contributed by atoms with van der Waals surface area (Å²) in [5, 5.41) is 3.62. The topological polar surface area (TPSA) is 21.3 Å². The van der Waals surface area contributed by atoms with Crippen LogP contribution in [-0.4, -0.2) is 24.8 Å². The van der Waals surface area contributed by atoms with Crippen LogP contribution in [0.4, 0.5) is 0 Å². The number of nitrogens with one attached hydrogen (secondary N) is 1. The van der Waals surface area contributed by atoms with Crippen LogP contribution in [0.15, 0.2) is 12.1 Å². The molecule has 1 aromatic rings. The molecule has 0 aromatic carbocycles. The number of hydrogen-bond donors (Lipinski definition) is 1. The molecular weight excluding hydrogens is 254 g/mol. The molecule has 1 atom stereocenters. The van der Waals surface area contributed by atoms with Crippen molar-refractivity contribution in [2.24, 2.45) is 0 Å². The molecule has 17 heavy (non-hydrogen) atoms. The van der Waals surface area contributed by atoms with Gasteiger partial charge in [0.1, 0.15) is 0 Å². The van der Waals surface area contributed by atoms with Crippen molar-refractivity contribution in [3.8, 4) is 0 Å². The average molecular weight is 274 g/mol. The van der Waals surface area contributed by atoms with E-state index in [-0.39, 0.29) is 5.60 Å². The average Bonchev–Trinajstić information content (AvgIpc) is 2.63. The maximum atomic E-state index is 5.91. The summed E-state index contributed by atoms with van der Waals surface area (Å²) in [4.78, 5) is 1.36. The van der Waals surface area contributed by atoms with Crippen molar-refractivity contribution in [3.05, 3.63) is 21.3 Å². The minimum atomic E-state index is 0.0299. The van der Waals surface area contributed by atoms with E-state index in [1.54, 1.807) is 11.3 Å². The van der Waals surface area contributed by atoms with E-state index in [0.29, 0.717) is 6.04 Å². The smallest absolute Gasteiger partial charge is 0.0931 e. The lowest BCUT2D eigenvalue weighted by Crippen LogP contribution is -2.44. The van der Waals surface area contributed by atoms with Gasteiger partial charge in [0.25, 0.3) is 0 Å². The largest absolute Gasteiger partial charge is 0.375 e. The number of thiophene rings is 1. The Bertz CT molecular complexity index is 364. The lowest BCUT2D eigenvalue weighted by atomic mass is 9.94. The third-order valence-electron chi connectivity index (χ3n) is 3.13. The fourth-order valence-corrected chi connectivity index (χ4v) is 3.38. The maximum absolute atomic E-state index is 5.91. The molecule has 0 radical (unpaired) electrons. The van der Waals surface area contributed by atoms with Gasteiger partial charge in [0.05, 0.1) is 9.94 Å². The normalized spacial score (nSPS) is 23.8. The zero-order chi connectivity index (χ0) is 12.3. The van der Waals surface area contributed by atoms with Gasteiger partial charge in [-0.2, -0.15) is 0 Å². The second-order valence-electron chi connectivity index (χ2n) is 5.21. The van der Waals surface area contributed by atoms with Gasteiger partial charge in [-0.3, -0.25) is 0 Å². The summed E-state index contributed by atoms with van der Waals surface area (Å²) in [5.41, 5.74) is 0.0299. The molecule has 1 aliphatic heterocycles. The Balaban J connectivity index is 1.71. The Labute approximate surface area is 112 Å². The molecule has 1 aliphatic rings. The van der Waals surface area contributed by atoms with Crippen LogP contribution < -0.4 is 5.32 Å². The SMILES string of the molecule is CC1(C)CC(NCCc2ccc(Cl)s2)CCO1. The van der Waals surface area contributed by atoms with Crippen molar-refractivity contribution < 1.29 is 4.74 Å². The minimum absolute atomic E-state index is 0.0299. The predicted molar refractivity (Wildman–Crippen MR) is 74.1 cm³/mol. The van der Waals surface area contributed by atoms with Gasteiger partial charge in [-0.05, 0) is 45.2 Å². The highest BCUT2D eigenvalue weighted by Gasteiger charge is 2.28. The molecule has 2 rings (SSSR count). The molecular formula is C13H20ClNOS. The van der Waals surface area contributed by atoms with E-state index >= 15 is 0 Å². The van der Waals surface area contributed by atoms with Gasteiger partial charge in [-0.15, -0.1) is 11.3 Å². The first-order valence-electron chi connectivity index (χ1n) is 6.17. The van der Waals surface area contributed by atoms with Crippen LogP contribution in [0.25, 0.3) is 0 Å². The van der Waals surface area contributed by atoms with Gasteiger partial charge in [0, 0.05) is 24.1 Å². The van der Waals surface area contributed by atoms with Crippen LogP contribution in [0.5, 0.6) is 0 Å². The number of halogens is 1. The van der Waals surface area contributed by atoms with E-state index in [1.807, 2.05) is 6.07 Å². The monoisotopic (exact) mass is 273 g/mol. The molecule has 0 amide bonds. The molecule has 1 unspecified atom stereocenters. The number of hydrogen-bond acceptors (Lipinski definition) is 3. The highest BCUT2D eigenvalue weighted by molar-refractivity contribution is 7.16. The second kappa shape index (κ2) is 5.70. The van der Waals surface area contributed by atoms with Gasteiger partial charge in [0.15, 0.2) is 0 Å². The molecule has 1 saturated heterocycles. The van der Waals surface area contributed by atoms with Gasteiger partial charge in [-0.1, -0.05) is 11.6 Å². The van der Waals surface area contributed by atoms with Crippen LogP contribution in [0, 0.1) is 0 Å². The third kappa shape index (κ3) is 4.25. The van der Waals surface area contributed by atoms with Crippen molar-refractivity contribution in [1.82, 2.24) is 5.32 Å². The van der Waals surface area contributed by atoms with E-state index in [2.05, 4.69) is 25.2 Å². The predicted octanol–water partition coefficient (Wildman–Crippen LogP) is 3.49. The van der Waals surface area contributed by atoms with Crippen molar-refractivity contribution in [3.63, 3.8) is 0 Å². The highest BCUT2D eigenvalue weighted by Crippen LogP contribution is 2.24. The third-order valence-corrected chi connectivity index (χ3v) is 4.42. The zero-order valence-corrected chi connectivity index (χ0v) is 12.0. The lowest BCUT2D eigenvalue weighted by Gasteiger charge is -2.36. The van der Waals surface area contributed by atoms with E-state index < -0.39 is 0 Å². The van der Waals surface area contributed by atoms with Crippen molar-refractivity contribution >= 4 is 22.9 Å². The molecule has 1 N–H and O–H groups in total. The second-order valence-corrected chi connectivity index (χ2v) is 7.01. The Morgan fingerprint density at radius 2 is 2.35 bits per heavy atom. The van der Waals surface area contributed by atoms with Crippen molar-refractivity contribution in [2.75, 3.05) is 13.2 Å². The first-order valence-corrected chi connectivity index (χ1v) is 7.36. The first-order chi connectivity index (χ1) is 8.05. The number of rotatable bonds is 4. The standard InChI is InChI=1S/C13H20ClNOS/c1-13(2)9-10(6-8-16-13)15-7-5-11-3-4-12(14)17-11/h3-4,10,15H,5-9H2,1-2H3. The number of ether oxygens (including phenoxy) is 1. The van der Waals surface area contributed by atoms with E-state index in [4.69, 9.17) is 16.3 Å². The molecule has 4 heteroatoms. The van der Waals surface area contributed by atoms with E-state index in [9.17, 15) is 0 Å². The van der Waals surface area contributed by atoms with Crippen molar-refractivity contribution in [2.45, 2.75) is 44.8 Å². The zero-order valence-electron chi connectivity index (χ0n) is 10.5. The summed E-state index contributed by atoms with van der Waals surface area (Å²) in [6.07, 6.45) is 3.28. The maximum Gasteiger partial charge on any atom is 0.0931 e. The van der Waals surface area contributed by atoms with Crippen LogP contribution >= 0.6 is 22.9 Å². The molecule has 0 saturated carbocycles.